The Hall–Kier alpha value is -1.23. The number of guanidine groups is 1. The minimum absolute atomic E-state index is 0.0254. The third-order valence-corrected chi connectivity index (χ3v) is 2.98. The number of nitrogens with zero attached hydrogens (tertiary/aromatic N) is 1. The van der Waals surface area contributed by atoms with E-state index in [1.807, 2.05) is 18.2 Å². The zero-order valence-corrected chi connectivity index (χ0v) is 14.5. The minimum atomic E-state index is -0.0254. The third kappa shape index (κ3) is 5.82. The number of hydrogen-bond donors (Lipinski definition) is 2. The summed E-state index contributed by atoms with van der Waals surface area (Å²) in [5.74, 6) is 1.66. The van der Waals surface area contributed by atoms with E-state index in [1.54, 1.807) is 7.11 Å². The lowest BCUT2D eigenvalue weighted by atomic mass is 10.1. The number of rotatable bonds is 4. The minimum Gasteiger partial charge on any atom is -0.496 e. The number of benzene rings is 1. The van der Waals surface area contributed by atoms with E-state index in [1.165, 1.54) is 0 Å². The van der Waals surface area contributed by atoms with Crippen LogP contribution in [0.5, 0.6) is 5.75 Å². The molecule has 0 aliphatic heterocycles. The summed E-state index contributed by atoms with van der Waals surface area (Å²) in [5, 5.41) is 6.61. The van der Waals surface area contributed by atoms with Crippen molar-refractivity contribution in [1.29, 1.82) is 0 Å². The second-order valence-electron chi connectivity index (χ2n) is 5.53. The van der Waals surface area contributed by atoms with Crippen molar-refractivity contribution in [2.24, 2.45) is 4.99 Å². The molecule has 2 N–H and O–H groups in total. The van der Waals surface area contributed by atoms with Gasteiger partial charge in [-0.15, -0.1) is 0 Å². The molecule has 1 rings (SSSR count). The van der Waals surface area contributed by atoms with Crippen LogP contribution in [0, 0.1) is 0 Å². The zero-order valence-electron chi connectivity index (χ0n) is 12.9. The average molecular weight is 342 g/mol. The summed E-state index contributed by atoms with van der Waals surface area (Å²) in [6.07, 6.45) is 0. The molecule has 5 heteroatoms. The van der Waals surface area contributed by atoms with Gasteiger partial charge in [-0.05, 0) is 45.9 Å². The molecular weight excluding hydrogens is 318 g/mol. The summed E-state index contributed by atoms with van der Waals surface area (Å²) in [6, 6.07) is 5.94. The van der Waals surface area contributed by atoms with Gasteiger partial charge in [0, 0.05) is 22.1 Å². The molecule has 0 spiro atoms. The Balaban J connectivity index is 2.88. The van der Waals surface area contributed by atoms with Gasteiger partial charge in [-0.2, -0.15) is 0 Å². The summed E-state index contributed by atoms with van der Waals surface area (Å²) in [6.45, 7) is 9.78. The second-order valence-corrected chi connectivity index (χ2v) is 6.44. The Morgan fingerprint density at radius 1 is 1.35 bits per heavy atom. The Morgan fingerprint density at radius 2 is 2.05 bits per heavy atom. The van der Waals surface area contributed by atoms with Crippen molar-refractivity contribution >= 4 is 21.9 Å². The molecule has 1 aromatic rings. The maximum atomic E-state index is 5.36. The molecule has 0 atom stereocenters. The highest BCUT2D eigenvalue weighted by atomic mass is 79.9. The standard InChI is InChI=1S/C15H24BrN3O/c1-6-17-14(19-15(2,3)4)18-10-11-9-12(16)7-8-13(11)20-5/h7-9H,6,10H2,1-5H3,(H2,17,18,19). The fourth-order valence-corrected chi connectivity index (χ4v) is 2.11. The summed E-state index contributed by atoms with van der Waals surface area (Å²) in [5.41, 5.74) is 1.02. The molecule has 20 heavy (non-hydrogen) atoms. The summed E-state index contributed by atoms with van der Waals surface area (Å²) in [7, 11) is 1.68. The molecule has 0 amide bonds. The Labute approximate surface area is 130 Å². The molecule has 0 aliphatic carbocycles. The third-order valence-electron chi connectivity index (χ3n) is 2.49. The fraction of sp³-hybridized carbons (Fsp3) is 0.533. The first kappa shape index (κ1) is 16.8. The number of halogens is 1. The Kier molecular flexibility index (Phi) is 6.33. The van der Waals surface area contributed by atoms with Gasteiger partial charge in [-0.3, -0.25) is 0 Å². The molecule has 0 saturated heterocycles. The van der Waals surface area contributed by atoms with Crippen molar-refractivity contribution in [3.63, 3.8) is 0 Å². The first-order chi connectivity index (χ1) is 9.35. The van der Waals surface area contributed by atoms with Crippen LogP contribution in [-0.2, 0) is 6.54 Å². The van der Waals surface area contributed by atoms with E-state index in [-0.39, 0.29) is 5.54 Å². The largest absolute Gasteiger partial charge is 0.496 e. The molecule has 112 valence electrons. The first-order valence-electron chi connectivity index (χ1n) is 6.74. The van der Waals surface area contributed by atoms with Gasteiger partial charge >= 0.3 is 0 Å². The molecule has 1 aromatic carbocycles. The van der Waals surface area contributed by atoms with Crippen molar-refractivity contribution in [1.82, 2.24) is 10.6 Å². The van der Waals surface area contributed by atoms with Crippen LogP contribution in [0.15, 0.2) is 27.7 Å². The molecule has 0 fully saturated rings. The molecule has 0 aliphatic rings. The van der Waals surface area contributed by atoms with Crippen molar-refractivity contribution in [3.8, 4) is 5.75 Å². The van der Waals surface area contributed by atoms with Gasteiger partial charge in [0.05, 0.1) is 13.7 Å². The van der Waals surface area contributed by atoms with Crippen LogP contribution < -0.4 is 15.4 Å². The van der Waals surface area contributed by atoms with E-state index >= 15 is 0 Å². The molecule has 0 heterocycles. The molecule has 0 unspecified atom stereocenters. The van der Waals surface area contributed by atoms with Crippen molar-refractivity contribution < 1.29 is 4.74 Å². The monoisotopic (exact) mass is 341 g/mol. The second kappa shape index (κ2) is 7.53. The molecular formula is C15H24BrN3O. The quantitative estimate of drug-likeness (QED) is 0.652. The van der Waals surface area contributed by atoms with Gasteiger partial charge < -0.3 is 15.4 Å². The normalized spacial score (nSPS) is 12.2. The van der Waals surface area contributed by atoms with E-state index in [0.29, 0.717) is 6.54 Å². The van der Waals surface area contributed by atoms with E-state index in [9.17, 15) is 0 Å². The van der Waals surface area contributed by atoms with E-state index in [2.05, 4.69) is 59.3 Å². The van der Waals surface area contributed by atoms with Crippen molar-refractivity contribution in [2.45, 2.75) is 39.8 Å². The SMILES string of the molecule is CCNC(=NCc1cc(Br)ccc1OC)NC(C)(C)C. The lowest BCUT2D eigenvalue weighted by Crippen LogP contribution is -2.47. The van der Waals surface area contributed by atoms with E-state index in [0.717, 1.165) is 28.3 Å². The van der Waals surface area contributed by atoms with Gasteiger partial charge in [0.15, 0.2) is 5.96 Å². The average Bonchev–Trinajstić information content (AvgIpc) is 2.34. The molecule has 0 bridgehead atoms. The van der Waals surface area contributed by atoms with Gasteiger partial charge in [-0.1, -0.05) is 15.9 Å². The van der Waals surface area contributed by atoms with Gasteiger partial charge in [0.1, 0.15) is 5.75 Å². The number of hydrogen-bond acceptors (Lipinski definition) is 2. The van der Waals surface area contributed by atoms with Crippen LogP contribution in [0.25, 0.3) is 0 Å². The summed E-state index contributed by atoms with van der Waals surface area (Å²) in [4.78, 5) is 4.61. The van der Waals surface area contributed by atoms with Crippen LogP contribution in [0.3, 0.4) is 0 Å². The van der Waals surface area contributed by atoms with E-state index in [4.69, 9.17) is 4.74 Å². The van der Waals surface area contributed by atoms with Crippen molar-refractivity contribution in [3.05, 3.63) is 28.2 Å². The maximum absolute atomic E-state index is 5.36. The summed E-state index contributed by atoms with van der Waals surface area (Å²) >= 11 is 3.48. The van der Waals surface area contributed by atoms with Crippen LogP contribution in [-0.4, -0.2) is 25.2 Å². The number of ether oxygens (including phenoxy) is 1. The Morgan fingerprint density at radius 3 is 2.60 bits per heavy atom. The van der Waals surface area contributed by atoms with Crippen LogP contribution in [0.1, 0.15) is 33.3 Å². The van der Waals surface area contributed by atoms with Crippen LogP contribution >= 0.6 is 15.9 Å². The predicted octanol–water partition coefficient (Wildman–Crippen LogP) is 3.31. The van der Waals surface area contributed by atoms with Gasteiger partial charge in [-0.25, -0.2) is 4.99 Å². The van der Waals surface area contributed by atoms with E-state index < -0.39 is 0 Å². The molecule has 4 nitrogen and oxygen atoms in total. The van der Waals surface area contributed by atoms with Gasteiger partial charge in [0.2, 0.25) is 0 Å². The number of aliphatic imine (C=N–C) groups is 1. The highest BCUT2D eigenvalue weighted by molar-refractivity contribution is 9.10. The van der Waals surface area contributed by atoms with Crippen molar-refractivity contribution in [2.75, 3.05) is 13.7 Å². The highest BCUT2D eigenvalue weighted by Crippen LogP contribution is 2.23. The zero-order chi connectivity index (χ0) is 15.2. The topological polar surface area (TPSA) is 45.7 Å². The number of nitrogens with one attached hydrogen (secondary N) is 2. The smallest absolute Gasteiger partial charge is 0.191 e. The first-order valence-corrected chi connectivity index (χ1v) is 7.54. The fourth-order valence-electron chi connectivity index (χ4n) is 1.70. The lowest BCUT2D eigenvalue weighted by molar-refractivity contribution is 0.409. The predicted molar refractivity (Wildman–Crippen MR) is 88.4 cm³/mol. The van der Waals surface area contributed by atoms with Crippen LogP contribution in [0.2, 0.25) is 0 Å². The van der Waals surface area contributed by atoms with Crippen LogP contribution in [0.4, 0.5) is 0 Å². The van der Waals surface area contributed by atoms with Gasteiger partial charge in [0.25, 0.3) is 0 Å². The molecule has 0 aromatic heterocycles. The highest BCUT2D eigenvalue weighted by Gasteiger charge is 2.12. The summed E-state index contributed by atoms with van der Waals surface area (Å²) < 4.78 is 6.39. The molecule has 0 radical (unpaired) electrons. The number of methoxy groups -OCH3 is 1. The molecule has 0 saturated carbocycles. The lowest BCUT2D eigenvalue weighted by Gasteiger charge is -2.23. The maximum Gasteiger partial charge on any atom is 0.191 e. The Bertz CT molecular complexity index is 467.